The van der Waals surface area contributed by atoms with Gasteiger partial charge in [0, 0.05) is 10.6 Å². The Balaban J connectivity index is 1.76. The van der Waals surface area contributed by atoms with E-state index in [4.69, 9.17) is 11.6 Å². The van der Waals surface area contributed by atoms with Crippen molar-refractivity contribution in [2.75, 3.05) is 5.01 Å². The predicted octanol–water partition coefficient (Wildman–Crippen LogP) is 2.82. The van der Waals surface area contributed by atoms with Gasteiger partial charge in [0.1, 0.15) is 5.84 Å². The first kappa shape index (κ1) is 14.3. The maximum absolute atomic E-state index is 12.1. The van der Waals surface area contributed by atoms with Crippen LogP contribution >= 0.6 is 11.6 Å². The second-order valence-corrected chi connectivity index (χ2v) is 5.16. The molecule has 0 aromatic heterocycles. The van der Waals surface area contributed by atoms with E-state index in [-0.39, 0.29) is 18.2 Å². The van der Waals surface area contributed by atoms with Gasteiger partial charge in [-0.15, -0.1) is 0 Å². The first-order valence-corrected chi connectivity index (χ1v) is 7.04. The molecule has 2 aromatic rings. The third-order valence-electron chi connectivity index (χ3n) is 3.14. The van der Waals surface area contributed by atoms with E-state index < -0.39 is 0 Å². The molecule has 0 spiro atoms. The zero-order valence-corrected chi connectivity index (χ0v) is 12.2. The first-order chi connectivity index (χ1) is 10.6. The van der Waals surface area contributed by atoms with Crippen molar-refractivity contribution in [2.24, 2.45) is 5.10 Å². The summed E-state index contributed by atoms with van der Waals surface area (Å²) >= 11 is 5.82. The van der Waals surface area contributed by atoms with Gasteiger partial charge < -0.3 is 5.32 Å². The van der Waals surface area contributed by atoms with Crippen LogP contribution < -0.4 is 10.3 Å². The lowest BCUT2D eigenvalue weighted by Gasteiger charge is -2.10. The molecule has 1 N–H and O–H groups in total. The van der Waals surface area contributed by atoms with E-state index in [2.05, 4.69) is 10.4 Å². The van der Waals surface area contributed by atoms with Crippen LogP contribution in [0.25, 0.3) is 0 Å². The Kier molecular flexibility index (Phi) is 3.89. The number of benzene rings is 2. The van der Waals surface area contributed by atoms with Crippen molar-refractivity contribution in [1.82, 2.24) is 5.32 Å². The minimum Gasteiger partial charge on any atom is -0.308 e. The summed E-state index contributed by atoms with van der Waals surface area (Å²) in [7, 11) is 0. The van der Waals surface area contributed by atoms with Gasteiger partial charge in [-0.1, -0.05) is 29.8 Å². The second kappa shape index (κ2) is 5.99. The van der Waals surface area contributed by atoms with Crippen molar-refractivity contribution >= 4 is 34.9 Å². The maximum atomic E-state index is 12.1. The molecular weight excluding hydrogens is 302 g/mol. The molecule has 0 unspecified atom stereocenters. The molecule has 0 saturated carbocycles. The highest BCUT2D eigenvalue weighted by Gasteiger charge is 2.26. The lowest BCUT2D eigenvalue weighted by molar-refractivity contribution is -0.116. The fraction of sp³-hybridized carbons (Fsp3) is 0.0625. The topological polar surface area (TPSA) is 61.8 Å². The smallest absolute Gasteiger partial charge is 0.256 e. The van der Waals surface area contributed by atoms with Crippen LogP contribution in [0, 0.1) is 0 Å². The molecule has 0 bridgehead atoms. The Hall–Kier alpha value is -2.66. The van der Waals surface area contributed by atoms with Gasteiger partial charge in [0.2, 0.25) is 0 Å². The Bertz CT molecular complexity index is 742. The van der Waals surface area contributed by atoms with Crippen LogP contribution in [0.4, 0.5) is 5.69 Å². The van der Waals surface area contributed by atoms with Crippen LogP contribution in [-0.2, 0) is 4.79 Å². The molecule has 6 heteroatoms. The Labute approximate surface area is 132 Å². The average molecular weight is 314 g/mol. The number of hydrogen-bond acceptors (Lipinski definition) is 3. The quantitative estimate of drug-likeness (QED) is 0.926. The standard InChI is InChI=1S/C16H12ClN3O2/c17-12-6-8-13(9-7-12)20-15(21)10-14(19-20)18-16(22)11-4-2-1-3-5-11/h1-9H,10H2,(H,18,19,22). The lowest BCUT2D eigenvalue weighted by Crippen LogP contribution is -2.29. The minimum atomic E-state index is -0.287. The second-order valence-electron chi connectivity index (χ2n) is 4.73. The molecule has 2 amide bonds. The predicted molar refractivity (Wildman–Crippen MR) is 84.9 cm³/mol. The van der Waals surface area contributed by atoms with Gasteiger partial charge in [0.25, 0.3) is 11.8 Å². The summed E-state index contributed by atoms with van der Waals surface area (Å²) in [6.07, 6.45) is 0.0567. The molecule has 0 aliphatic carbocycles. The van der Waals surface area contributed by atoms with E-state index in [9.17, 15) is 9.59 Å². The van der Waals surface area contributed by atoms with Crippen LogP contribution in [0.1, 0.15) is 16.8 Å². The Morgan fingerprint density at radius 1 is 1.09 bits per heavy atom. The summed E-state index contributed by atoms with van der Waals surface area (Å²) in [5.41, 5.74) is 1.13. The van der Waals surface area contributed by atoms with E-state index in [1.165, 1.54) is 5.01 Å². The van der Waals surface area contributed by atoms with Crippen molar-refractivity contribution in [3.8, 4) is 0 Å². The maximum Gasteiger partial charge on any atom is 0.256 e. The van der Waals surface area contributed by atoms with Gasteiger partial charge in [-0.3, -0.25) is 9.59 Å². The van der Waals surface area contributed by atoms with Gasteiger partial charge in [-0.05, 0) is 36.4 Å². The van der Waals surface area contributed by atoms with Gasteiger partial charge in [-0.2, -0.15) is 10.1 Å². The third-order valence-corrected chi connectivity index (χ3v) is 3.39. The Morgan fingerprint density at radius 2 is 1.77 bits per heavy atom. The van der Waals surface area contributed by atoms with Crippen molar-refractivity contribution in [2.45, 2.75) is 6.42 Å². The molecule has 2 aromatic carbocycles. The van der Waals surface area contributed by atoms with Crippen LogP contribution in [0.3, 0.4) is 0 Å². The molecule has 0 saturated heterocycles. The number of carbonyl (C=O) groups is 2. The molecule has 22 heavy (non-hydrogen) atoms. The summed E-state index contributed by atoms with van der Waals surface area (Å²) in [4.78, 5) is 24.1. The van der Waals surface area contributed by atoms with E-state index in [0.29, 0.717) is 22.1 Å². The zero-order chi connectivity index (χ0) is 15.5. The molecule has 0 fully saturated rings. The highest BCUT2D eigenvalue weighted by atomic mass is 35.5. The molecule has 1 heterocycles. The van der Waals surface area contributed by atoms with E-state index in [1.807, 2.05) is 6.07 Å². The fourth-order valence-electron chi connectivity index (χ4n) is 2.08. The third kappa shape index (κ3) is 2.99. The number of carbonyl (C=O) groups excluding carboxylic acids is 2. The van der Waals surface area contributed by atoms with Crippen molar-refractivity contribution in [1.29, 1.82) is 0 Å². The number of hydrazone groups is 1. The van der Waals surface area contributed by atoms with E-state index >= 15 is 0 Å². The Morgan fingerprint density at radius 3 is 2.45 bits per heavy atom. The SMILES string of the molecule is O=C(NC1=NN(c2ccc(Cl)cc2)C(=O)C1)c1ccccc1. The minimum absolute atomic E-state index is 0.0567. The normalized spacial score (nSPS) is 14.0. The molecular formula is C16H12ClN3O2. The number of halogens is 1. The van der Waals surface area contributed by atoms with E-state index in [0.717, 1.165) is 0 Å². The van der Waals surface area contributed by atoms with E-state index in [1.54, 1.807) is 48.5 Å². The number of anilines is 1. The number of hydrogen-bond donors (Lipinski definition) is 1. The summed E-state index contributed by atoms with van der Waals surface area (Å²) < 4.78 is 0. The first-order valence-electron chi connectivity index (χ1n) is 6.66. The molecule has 0 radical (unpaired) electrons. The molecule has 1 aliphatic heterocycles. The number of amidine groups is 1. The number of rotatable bonds is 2. The number of nitrogens with one attached hydrogen (secondary N) is 1. The monoisotopic (exact) mass is 313 g/mol. The van der Waals surface area contributed by atoms with Crippen LogP contribution in [0.5, 0.6) is 0 Å². The molecule has 1 aliphatic rings. The van der Waals surface area contributed by atoms with Crippen molar-refractivity contribution < 1.29 is 9.59 Å². The molecule has 3 rings (SSSR count). The lowest BCUT2D eigenvalue weighted by atomic mass is 10.2. The molecule has 5 nitrogen and oxygen atoms in total. The summed E-state index contributed by atoms with van der Waals surface area (Å²) in [5.74, 6) is -0.162. The number of nitrogens with zero attached hydrogens (tertiary/aromatic N) is 2. The zero-order valence-electron chi connectivity index (χ0n) is 11.5. The summed E-state index contributed by atoms with van der Waals surface area (Å²) in [5, 5.41) is 8.66. The van der Waals surface area contributed by atoms with Crippen LogP contribution in [-0.4, -0.2) is 17.6 Å². The van der Waals surface area contributed by atoms with Crippen LogP contribution in [0.15, 0.2) is 59.7 Å². The summed E-state index contributed by atoms with van der Waals surface area (Å²) in [6, 6.07) is 15.5. The van der Waals surface area contributed by atoms with Gasteiger partial charge in [0.15, 0.2) is 0 Å². The molecule has 0 atom stereocenters. The average Bonchev–Trinajstić information content (AvgIpc) is 2.89. The van der Waals surface area contributed by atoms with Crippen LogP contribution in [0.2, 0.25) is 5.02 Å². The fourth-order valence-corrected chi connectivity index (χ4v) is 2.20. The van der Waals surface area contributed by atoms with Gasteiger partial charge in [-0.25, -0.2) is 0 Å². The van der Waals surface area contributed by atoms with Gasteiger partial charge >= 0.3 is 0 Å². The highest BCUT2D eigenvalue weighted by Crippen LogP contribution is 2.22. The largest absolute Gasteiger partial charge is 0.308 e. The molecule has 110 valence electrons. The van der Waals surface area contributed by atoms with Crippen molar-refractivity contribution in [3.05, 3.63) is 65.2 Å². The summed E-state index contributed by atoms with van der Waals surface area (Å²) in [6.45, 7) is 0. The number of amides is 2. The highest BCUT2D eigenvalue weighted by molar-refractivity contribution is 6.30. The van der Waals surface area contributed by atoms with Gasteiger partial charge in [0.05, 0.1) is 12.1 Å². The van der Waals surface area contributed by atoms with Crippen molar-refractivity contribution in [3.63, 3.8) is 0 Å².